The van der Waals surface area contributed by atoms with Gasteiger partial charge in [0.1, 0.15) is 17.2 Å². The van der Waals surface area contributed by atoms with Crippen LogP contribution >= 0.6 is 15.9 Å². The average molecular weight is 686 g/mol. The number of fused-ring (bicyclic) bond motifs is 1. The second-order valence-electron chi connectivity index (χ2n) is 14.3. The first-order chi connectivity index (χ1) is 20.5. The largest absolute Gasteiger partial charge is 0.543 e. The maximum Gasteiger partial charge on any atom is 0.407 e. The second kappa shape index (κ2) is 13.1. The zero-order chi connectivity index (χ0) is 32.4. The number of amides is 1. The summed E-state index contributed by atoms with van der Waals surface area (Å²) < 4.78 is 14.8. The molecule has 11 heteroatoms. The highest BCUT2D eigenvalue weighted by molar-refractivity contribution is 9.10. The van der Waals surface area contributed by atoms with Gasteiger partial charge in [0.15, 0.2) is 0 Å². The van der Waals surface area contributed by atoms with Crippen LogP contribution < -0.4 is 20.8 Å². The predicted molar refractivity (Wildman–Crippen MR) is 186 cm³/mol. The number of halogens is 1. The standard InChI is InChI=1S/C33H49BrN6O3Si/c1-10-21-17-25(43-44(8,9)33(5,6)7)15-16-27(21)39-30(35)26-19-36-40-20-22(34)18-28(40)29(26)37-23-11-13-24(14-12-23)38-31(41)42-32(2,3)4/h15-20,23-24,37H,10-14H2,1-9H3,(H2,35,39)(H,38,41). The number of hydrogen-bond donors (Lipinski definition) is 3. The lowest BCUT2D eigenvalue weighted by molar-refractivity contribution is 0.0492. The summed E-state index contributed by atoms with van der Waals surface area (Å²) in [5.74, 6) is 1.28. The van der Waals surface area contributed by atoms with Gasteiger partial charge in [-0.25, -0.2) is 14.3 Å². The molecule has 0 unspecified atom stereocenters. The number of aliphatic imine (C=N–C) groups is 1. The number of hydrogen-bond acceptors (Lipinski definition) is 6. The van der Waals surface area contributed by atoms with Crippen molar-refractivity contribution < 1.29 is 14.0 Å². The maximum atomic E-state index is 12.3. The van der Waals surface area contributed by atoms with Gasteiger partial charge < -0.3 is 25.5 Å². The summed E-state index contributed by atoms with van der Waals surface area (Å²) in [5.41, 5.74) is 10.7. The van der Waals surface area contributed by atoms with E-state index in [1.54, 1.807) is 6.20 Å². The molecule has 1 aromatic carbocycles. The van der Waals surface area contributed by atoms with Crippen LogP contribution in [0.1, 0.15) is 85.3 Å². The molecule has 1 fully saturated rings. The van der Waals surface area contributed by atoms with Gasteiger partial charge in [0.05, 0.1) is 28.7 Å². The lowest BCUT2D eigenvalue weighted by Crippen LogP contribution is -2.43. The highest BCUT2D eigenvalue weighted by Crippen LogP contribution is 2.38. The molecule has 240 valence electrons. The Morgan fingerprint density at radius 2 is 1.77 bits per heavy atom. The maximum absolute atomic E-state index is 12.3. The number of alkyl carbamates (subject to hydrolysis) is 1. The van der Waals surface area contributed by atoms with Crippen LogP contribution in [-0.4, -0.2) is 47.5 Å². The van der Waals surface area contributed by atoms with Gasteiger partial charge in [-0.3, -0.25) is 0 Å². The SMILES string of the molecule is CCc1cc(O[Si](C)(C)C(C)(C)C)ccc1N=C(N)c1cnn2cc(Br)cc2c1NC1CCC(NC(=O)OC(C)(C)C)CC1. The smallest absolute Gasteiger partial charge is 0.407 e. The molecular weight excluding hydrogens is 636 g/mol. The Labute approximate surface area is 271 Å². The molecule has 2 aromatic heterocycles. The number of aromatic nitrogens is 2. The molecule has 4 N–H and O–H groups in total. The van der Waals surface area contributed by atoms with Crippen molar-refractivity contribution >= 4 is 53.1 Å². The third-order valence-electron chi connectivity index (χ3n) is 8.53. The van der Waals surface area contributed by atoms with E-state index in [1.807, 2.05) is 49.7 Å². The first kappa shape index (κ1) is 33.8. The van der Waals surface area contributed by atoms with E-state index in [-0.39, 0.29) is 23.2 Å². The molecule has 4 rings (SSSR count). The van der Waals surface area contributed by atoms with Crippen LogP contribution in [0.25, 0.3) is 5.52 Å². The molecule has 44 heavy (non-hydrogen) atoms. The molecule has 9 nitrogen and oxygen atoms in total. The second-order valence-corrected chi connectivity index (χ2v) is 19.9. The van der Waals surface area contributed by atoms with E-state index in [0.29, 0.717) is 5.84 Å². The Bertz CT molecular complexity index is 1510. The van der Waals surface area contributed by atoms with Crippen molar-refractivity contribution in [2.45, 2.75) is 116 Å². The number of benzene rings is 1. The van der Waals surface area contributed by atoms with E-state index in [9.17, 15) is 4.79 Å². The number of amidine groups is 1. The number of carbonyl (C=O) groups excluding carboxylic acids is 1. The van der Waals surface area contributed by atoms with Crippen molar-refractivity contribution in [1.29, 1.82) is 0 Å². The van der Waals surface area contributed by atoms with Gasteiger partial charge >= 0.3 is 6.09 Å². The molecule has 1 saturated carbocycles. The fourth-order valence-corrected chi connectivity index (χ4v) is 6.52. The van der Waals surface area contributed by atoms with E-state index in [2.05, 4.69) is 78.5 Å². The summed E-state index contributed by atoms with van der Waals surface area (Å²) in [4.78, 5) is 17.2. The quantitative estimate of drug-likeness (QED) is 0.125. The Hall–Kier alpha value is -3.05. The van der Waals surface area contributed by atoms with Crippen LogP contribution in [0.4, 0.5) is 16.2 Å². The lowest BCUT2D eigenvalue weighted by Gasteiger charge is -2.36. The van der Waals surface area contributed by atoms with Gasteiger partial charge in [0.25, 0.3) is 0 Å². The van der Waals surface area contributed by atoms with Gasteiger partial charge in [-0.15, -0.1) is 0 Å². The number of nitrogens with one attached hydrogen (secondary N) is 2. The van der Waals surface area contributed by atoms with Crippen LogP contribution in [0.5, 0.6) is 5.75 Å². The van der Waals surface area contributed by atoms with Crippen molar-refractivity contribution in [3.63, 3.8) is 0 Å². The zero-order valence-corrected chi connectivity index (χ0v) is 30.3. The minimum Gasteiger partial charge on any atom is -0.543 e. The Morgan fingerprint density at radius 3 is 2.39 bits per heavy atom. The number of carbonyl (C=O) groups is 1. The topological polar surface area (TPSA) is 115 Å². The number of rotatable bonds is 8. The van der Waals surface area contributed by atoms with Crippen LogP contribution in [0.2, 0.25) is 18.1 Å². The normalized spacial score (nSPS) is 18.3. The highest BCUT2D eigenvalue weighted by Gasteiger charge is 2.39. The van der Waals surface area contributed by atoms with E-state index < -0.39 is 13.9 Å². The summed E-state index contributed by atoms with van der Waals surface area (Å²) in [6.45, 7) is 19.0. The third-order valence-corrected chi connectivity index (χ3v) is 13.3. The van der Waals surface area contributed by atoms with Gasteiger partial charge in [0.2, 0.25) is 8.32 Å². The number of nitrogens with two attached hydrogens (primary N) is 1. The van der Waals surface area contributed by atoms with Crippen molar-refractivity contribution in [2.24, 2.45) is 10.7 Å². The molecule has 1 aliphatic rings. The first-order valence-corrected chi connectivity index (χ1v) is 19.3. The fourth-order valence-electron chi connectivity index (χ4n) is 5.09. The molecular formula is C33H49BrN6O3Si. The Morgan fingerprint density at radius 1 is 1.11 bits per heavy atom. The molecule has 0 radical (unpaired) electrons. The number of anilines is 1. The van der Waals surface area contributed by atoms with Crippen LogP contribution in [0.3, 0.4) is 0 Å². The summed E-state index contributed by atoms with van der Waals surface area (Å²) in [6, 6.07) is 8.43. The van der Waals surface area contributed by atoms with Gasteiger partial charge in [-0.1, -0.05) is 27.7 Å². The molecule has 1 aliphatic carbocycles. The molecule has 2 heterocycles. The van der Waals surface area contributed by atoms with Gasteiger partial charge in [-0.05, 0) is 117 Å². The number of aryl methyl sites for hydroxylation is 1. The minimum absolute atomic E-state index is 0.0879. The van der Waals surface area contributed by atoms with E-state index in [1.165, 1.54) is 0 Å². The molecule has 1 amide bonds. The lowest BCUT2D eigenvalue weighted by atomic mass is 9.91. The van der Waals surface area contributed by atoms with E-state index >= 15 is 0 Å². The van der Waals surface area contributed by atoms with Gasteiger partial charge in [-0.2, -0.15) is 5.10 Å². The molecule has 0 aliphatic heterocycles. The van der Waals surface area contributed by atoms with E-state index in [4.69, 9.17) is 19.9 Å². The zero-order valence-electron chi connectivity index (χ0n) is 27.7. The molecule has 0 bridgehead atoms. The summed E-state index contributed by atoms with van der Waals surface area (Å²) >= 11 is 3.60. The summed E-state index contributed by atoms with van der Waals surface area (Å²) in [7, 11) is -1.97. The minimum atomic E-state index is -1.97. The summed E-state index contributed by atoms with van der Waals surface area (Å²) in [6.07, 6.45) is 7.63. The summed E-state index contributed by atoms with van der Waals surface area (Å²) in [5, 5.41) is 11.5. The molecule has 3 aromatic rings. The van der Waals surface area contributed by atoms with Crippen molar-refractivity contribution in [2.75, 3.05) is 5.32 Å². The molecule has 0 saturated heterocycles. The van der Waals surface area contributed by atoms with E-state index in [0.717, 1.165) is 70.3 Å². The fraction of sp³-hybridized carbons (Fsp3) is 0.545. The third kappa shape index (κ3) is 8.35. The average Bonchev–Trinajstić information content (AvgIpc) is 3.29. The first-order valence-electron chi connectivity index (χ1n) is 15.5. The van der Waals surface area contributed by atoms with Crippen LogP contribution in [0.15, 0.2) is 46.1 Å². The molecule has 0 atom stereocenters. The number of ether oxygens (including phenoxy) is 1. The number of nitrogens with zero attached hydrogens (tertiary/aromatic N) is 3. The Kier molecular flexibility index (Phi) is 10.1. The predicted octanol–water partition coefficient (Wildman–Crippen LogP) is 8.33. The van der Waals surface area contributed by atoms with Gasteiger partial charge in [0, 0.05) is 22.8 Å². The monoisotopic (exact) mass is 684 g/mol. The van der Waals surface area contributed by atoms with Crippen LogP contribution in [0, 0.1) is 0 Å². The molecule has 0 spiro atoms. The highest BCUT2D eigenvalue weighted by atomic mass is 79.9. The van der Waals surface area contributed by atoms with Crippen molar-refractivity contribution in [1.82, 2.24) is 14.9 Å². The van der Waals surface area contributed by atoms with Crippen LogP contribution in [-0.2, 0) is 11.2 Å². The Balaban J connectivity index is 1.57. The van der Waals surface area contributed by atoms with Crippen molar-refractivity contribution in [3.8, 4) is 5.75 Å². The van der Waals surface area contributed by atoms with Crippen molar-refractivity contribution in [3.05, 3.63) is 52.3 Å².